The van der Waals surface area contributed by atoms with Gasteiger partial charge in [0.15, 0.2) is 6.10 Å². The molecule has 0 fully saturated rings. The van der Waals surface area contributed by atoms with Crippen LogP contribution in [-0.2, 0) is 32.7 Å². The molecule has 0 aliphatic heterocycles. The van der Waals surface area contributed by atoms with E-state index in [0.29, 0.717) is 6.42 Å². The molecular formula is C42H73O8P. The number of phosphoric acid groups is 1. The van der Waals surface area contributed by atoms with Gasteiger partial charge < -0.3 is 14.4 Å². The van der Waals surface area contributed by atoms with Gasteiger partial charge in [0.05, 0.1) is 13.2 Å². The van der Waals surface area contributed by atoms with E-state index in [9.17, 15) is 19.0 Å². The van der Waals surface area contributed by atoms with Crippen LogP contribution in [0.15, 0.2) is 60.8 Å². The summed E-state index contributed by atoms with van der Waals surface area (Å²) < 4.78 is 32.5. The normalized spacial score (nSPS) is 14.0. The van der Waals surface area contributed by atoms with E-state index in [1.165, 1.54) is 38.5 Å². The lowest BCUT2D eigenvalue weighted by Gasteiger charge is -2.19. The molecule has 0 saturated carbocycles. The van der Waals surface area contributed by atoms with Crippen LogP contribution in [0.3, 0.4) is 0 Å². The molecule has 0 spiro atoms. The minimum absolute atomic E-state index is 0.00854. The van der Waals surface area contributed by atoms with Crippen LogP contribution in [0.2, 0.25) is 0 Å². The number of carbonyl (C=O) groups is 2. The van der Waals surface area contributed by atoms with Crippen molar-refractivity contribution < 1.29 is 37.6 Å². The predicted molar refractivity (Wildman–Crippen MR) is 211 cm³/mol. The second kappa shape index (κ2) is 37.5. The Balaban J connectivity index is 4.20. The fraction of sp³-hybridized carbons (Fsp3) is 0.714. The van der Waals surface area contributed by atoms with Crippen molar-refractivity contribution in [1.82, 2.24) is 0 Å². The summed E-state index contributed by atoms with van der Waals surface area (Å²) in [4.78, 5) is 34.6. The highest BCUT2D eigenvalue weighted by molar-refractivity contribution is 7.47. The Morgan fingerprint density at radius 3 is 1.53 bits per heavy atom. The Labute approximate surface area is 311 Å². The van der Waals surface area contributed by atoms with Crippen molar-refractivity contribution in [2.75, 3.05) is 19.8 Å². The van der Waals surface area contributed by atoms with Gasteiger partial charge in [-0.05, 0) is 84.0 Å². The van der Waals surface area contributed by atoms with Crippen LogP contribution >= 0.6 is 7.82 Å². The Hall–Kier alpha value is -2.25. The summed E-state index contributed by atoms with van der Waals surface area (Å²) in [6.07, 6.45) is 44.1. The topological polar surface area (TPSA) is 108 Å². The molecule has 0 amide bonds. The minimum atomic E-state index is -4.29. The van der Waals surface area contributed by atoms with Crippen molar-refractivity contribution in [2.24, 2.45) is 0 Å². The molecule has 0 aliphatic rings. The van der Waals surface area contributed by atoms with Gasteiger partial charge in [-0.3, -0.25) is 18.6 Å². The van der Waals surface area contributed by atoms with Crippen molar-refractivity contribution in [1.29, 1.82) is 0 Å². The van der Waals surface area contributed by atoms with Crippen LogP contribution in [0.25, 0.3) is 0 Å². The Kier molecular flexibility index (Phi) is 35.9. The van der Waals surface area contributed by atoms with Gasteiger partial charge in [0.1, 0.15) is 6.61 Å². The van der Waals surface area contributed by atoms with Gasteiger partial charge in [0.2, 0.25) is 0 Å². The lowest BCUT2D eigenvalue weighted by molar-refractivity contribution is -0.161. The molecular weight excluding hydrogens is 663 g/mol. The third kappa shape index (κ3) is 37.3. The highest BCUT2D eigenvalue weighted by Gasteiger charge is 2.25. The molecule has 0 bridgehead atoms. The molecule has 0 aromatic rings. The first kappa shape index (κ1) is 48.8. The highest BCUT2D eigenvalue weighted by Crippen LogP contribution is 2.43. The Bertz CT molecular complexity index is 1020. The number of rotatable bonds is 36. The molecule has 2 atom stereocenters. The molecule has 0 radical (unpaired) electrons. The lowest BCUT2D eigenvalue weighted by atomic mass is 10.1. The summed E-state index contributed by atoms with van der Waals surface area (Å²) in [5.74, 6) is -0.840. The summed E-state index contributed by atoms with van der Waals surface area (Å²) >= 11 is 0. The van der Waals surface area contributed by atoms with E-state index in [-0.39, 0.29) is 32.0 Å². The van der Waals surface area contributed by atoms with Crippen molar-refractivity contribution in [3.05, 3.63) is 60.8 Å². The molecule has 0 saturated heterocycles. The molecule has 2 unspecified atom stereocenters. The van der Waals surface area contributed by atoms with Crippen molar-refractivity contribution in [3.8, 4) is 0 Å². The Morgan fingerprint density at radius 2 is 1.00 bits per heavy atom. The number of allylic oxidation sites excluding steroid dienone is 10. The van der Waals surface area contributed by atoms with Crippen molar-refractivity contribution in [3.63, 3.8) is 0 Å². The lowest BCUT2D eigenvalue weighted by Crippen LogP contribution is -2.29. The van der Waals surface area contributed by atoms with Crippen LogP contribution < -0.4 is 0 Å². The molecule has 51 heavy (non-hydrogen) atoms. The maximum atomic E-state index is 12.5. The molecule has 1 N–H and O–H groups in total. The molecule has 8 nitrogen and oxygen atoms in total. The third-order valence-corrected chi connectivity index (χ3v) is 9.12. The Morgan fingerprint density at radius 1 is 0.549 bits per heavy atom. The molecule has 9 heteroatoms. The first-order valence-electron chi connectivity index (χ1n) is 20.1. The van der Waals surface area contributed by atoms with E-state index < -0.39 is 26.5 Å². The molecule has 0 heterocycles. The van der Waals surface area contributed by atoms with Gasteiger partial charge in [-0.2, -0.15) is 0 Å². The summed E-state index contributed by atoms with van der Waals surface area (Å²) in [6.45, 7) is 5.29. The van der Waals surface area contributed by atoms with Gasteiger partial charge in [-0.25, -0.2) is 4.57 Å². The minimum Gasteiger partial charge on any atom is -0.462 e. The zero-order valence-corrected chi connectivity index (χ0v) is 33.4. The summed E-state index contributed by atoms with van der Waals surface area (Å²) in [5.41, 5.74) is 0. The van der Waals surface area contributed by atoms with Gasteiger partial charge >= 0.3 is 19.8 Å². The first-order valence-corrected chi connectivity index (χ1v) is 21.6. The number of ether oxygens (including phenoxy) is 2. The molecule has 294 valence electrons. The molecule has 0 aromatic carbocycles. The quantitative estimate of drug-likeness (QED) is 0.0293. The number of esters is 2. The smallest absolute Gasteiger partial charge is 0.462 e. The summed E-state index contributed by atoms with van der Waals surface area (Å²) in [5, 5.41) is 0. The van der Waals surface area contributed by atoms with Crippen LogP contribution in [0.1, 0.15) is 168 Å². The van der Waals surface area contributed by atoms with E-state index in [1.54, 1.807) is 6.92 Å². The first-order chi connectivity index (χ1) is 24.8. The number of carbonyl (C=O) groups excluding carboxylic acids is 2. The van der Waals surface area contributed by atoms with Crippen LogP contribution in [0, 0.1) is 0 Å². The SMILES string of the molecule is CC/C=C\C/C=C\C/C=C\C/C=C\CCCCCCC(=O)OC(COC(=O)CCCCCCC/C=C\CCCCCCC)COP(=O)(O)OCC. The van der Waals surface area contributed by atoms with E-state index in [4.69, 9.17) is 18.5 Å². The third-order valence-electron chi connectivity index (χ3n) is 8.06. The van der Waals surface area contributed by atoms with Crippen molar-refractivity contribution >= 4 is 19.8 Å². The summed E-state index contributed by atoms with van der Waals surface area (Å²) in [7, 11) is -4.29. The standard InChI is InChI=1S/C42H73O8P/c1-4-7-9-11-13-15-17-19-21-22-23-25-27-29-31-33-35-37-42(44)50-40(39-49-51(45,46)48-6-3)38-47-41(43)36-34-32-30-28-26-24-20-18-16-14-12-10-8-5-2/h7,9,13,15,18-21,23,25,40H,4-6,8,10-12,14,16-17,22,24,26-39H2,1-3H3,(H,45,46)/b9-7-,15-13-,20-18-,21-19-,25-23-. The van der Waals surface area contributed by atoms with Gasteiger partial charge in [0, 0.05) is 12.8 Å². The average Bonchev–Trinajstić information content (AvgIpc) is 3.10. The largest absolute Gasteiger partial charge is 0.472 e. The fourth-order valence-corrected chi connectivity index (χ4v) is 5.90. The van der Waals surface area contributed by atoms with E-state index in [0.717, 1.165) is 89.9 Å². The zero-order valence-electron chi connectivity index (χ0n) is 32.5. The number of phosphoric ester groups is 1. The predicted octanol–water partition coefficient (Wildman–Crippen LogP) is 12.4. The van der Waals surface area contributed by atoms with Gasteiger partial charge in [0.25, 0.3) is 0 Å². The second-order valence-corrected chi connectivity index (χ2v) is 14.4. The fourth-order valence-electron chi connectivity index (χ4n) is 5.14. The highest BCUT2D eigenvalue weighted by atomic mass is 31.2. The second-order valence-electron chi connectivity index (χ2n) is 12.9. The maximum Gasteiger partial charge on any atom is 0.472 e. The van der Waals surface area contributed by atoms with Crippen LogP contribution in [0.4, 0.5) is 0 Å². The number of hydrogen-bond donors (Lipinski definition) is 1. The van der Waals surface area contributed by atoms with Gasteiger partial charge in [-0.15, -0.1) is 0 Å². The van der Waals surface area contributed by atoms with Crippen LogP contribution in [-0.4, -0.2) is 42.8 Å². The average molecular weight is 737 g/mol. The van der Waals surface area contributed by atoms with Crippen LogP contribution in [0.5, 0.6) is 0 Å². The molecule has 0 aromatic heterocycles. The molecule has 0 aliphatic carbocycles. The van der Waals surface area contributed by atoms with E-state index in [1.807, 2.05) is 0 Å². The number of unbranched alkanes of at least 4 members (excludes halogenated alkanes) is 14. The van der Waals surface area contributed by atoms with E-state index in [2.05, 4.69) is 74.6 Å². The number of hydrogen-bond acceptors (Lipinski definition) is 7. The van der Waals surface area contributed by atoms with E-state index >= 15 is 0 Å². The maximum absolute atomic E-state index is 12.5. The van der Waals surface area contributed by atoms with Crippen molar-refractivity contribution in [2.45, 2.75) is 175 Å². The molecule has 0 rings (SSSR count). The monoisotopic (exact) mass is 737 g/mol. The summed E-state index contributed by atoms with van der Waals surface area (Å²) in [6, 6.07) is 0. The zero-order chi connectivity index (χ0) is 37.5. The van der Waals surface area contributed by atoms with Gasteiger partial charge in [-0.1, -0.05) is 132 Å².